The molecule has 0 radical (unpaired) electrons. The van der Waals surface area contributed by atoms with E-state index in [0.717, 1.165) is 5.56 Å². The van der Waals surface area contributed by atoms with E-state index in [9.17, 15) is 14.4 Å². The highest BCUT2D eigenvalue weighted by Gasteiger charge is 2.15. The van der Waals surface area contributed by atoms with E-state index in [2.05, 4.69) is 35.0 Å². The maximum atomic E-state index is 12.2. The lowest BCUT2D eigenvalue weighted by atomic mass is 10.0. The second kappa shape index (κ2) is 14.2. The molecule has 0 aliphatic carbocycles. The molecule has 204 valence electrons. The van der Waals surface area contributed by atoms with Gasteiger partial charge in [-0.05, 0) is 59.0 Å². The van der Waals surface area contributed by atoms with Crippen molar-refractivity contribution in [2.45, 2.75) is 26.3 Å². The molecule has 9 nitrogen and oxygen atoms in total. The third kappa shape index (κ3) is 9.01. The van der Waals surface area contributed by atoms with E-state index in [0.29, 0.717) is 22.2 Å². The standard InChI is InChI=1S/C28H28Cl2N4O5/c1-17(2)20-6-4-18(5-7-20)14-31-27(36)28(37)34-32-15-19-12-23(30)26(24(13-19)38-3)39-16-25(35)33-22-10-8-21(29)9-11-22/h4-13,15,17H,14,16H2,1-3H3,(H,31,36)(H,33,35)(H,34,37)/b32-15-. The van der Waals surface area contributed by atoms with Gasteiger partial charge >= 0.3 is 11.8 Å². The number of nitrogens with one attached hydrogen (secondary N) is 3. The van der Waals surface area contributed by atoms with Crippen LogP contribution >= 0.6 is 23.2 Å². The van der Waals surface area contributed by atoms with Crippen molar-refractivity contribution in [2.24, 2.45) is 5.10 Å². The lowest BCUT2D eigenvalue weighted by Gasteiger charge is -2.13. The van der Waals surface area contributed by atoms with Gasteiger partial charge in [0, 0.05) is 17.3 Å². The molecule has 3 aromatic rings. The Labute approximate surface area is 236 Å². The van der Waals surface area contributed by atoms with Gasteiger partial charge in [-0.15, -0.1) is 0 Å². The number of methoxy groups -OCH3 is 1. The summed E-state index contributed by atoms with van der Waals surface area (Å²) >= 11 is 12.2. The van der Waals surface area contributed by atoms with Gasteiger partial charge in [-0.25, -0.2) is 5.43 Å². The van der Waals surface area contributed by atoms with Crippen LogP contribution in [0.1, 0.15) is 36.5 Å². The van der Waals surface area contributed by atoms with E-state index in [1.54, 1.807) is 30.3 Å². The minimum Gasteiger partial charge on any atom is -0.493 e. The van der Waals surface area contributed by atoms with Gasteiger partial charge < -0.3 is 20.1 Å². The molecule has 39 heavy (non-hydrogen) atoms. The molecule has 3 N–H and O–H groups in total. The smallest absolute Gasteiger partial charge is 0.329 e. The number of hydrogen-bond donors (Lipinski definition) is 3. The Balaban J connectivity index is 1.52. The molecule has 3 aromatic carbocycles. The molecular weight excluding hydrogens is 543 g/mol. The van der Waals surface area contributed by atoms with Crippen molar-refractivity contribution in [3.63, 3.8) is 0 Å². The maximum Gasteiger partial charge on any atom is 0.329 e. The number of ether oxygens (including phenoxy) is 2. The van der Waals surface area contributed by atoms with E-state index >= 15 is 0 Å². The minimum absolute atomic E-state index is 0.155. The Hall–Kier alpha value is -4.08. The number of hydrogen-bond acceptors (Lipinski definition) is 6. The normalized spacial score (nSPS) is 10.8. The van der Waals surface area contributed by atoms with E-state index in [4.69, 9.17) is 32.7 Å². The minimum atomic E-state index is -0.922. The van der Waals surface area contributed by atoms with Gasteiger partial charge in [0.15, 0.2) is 18.1 Å². The molecule has 0 aliphatic heterocycles. The fraction of sp³-hybridized carbons (Fsp3) is 0.214. The Morgan fingerprint density at radius 3 is 2.31 bits per heavy atom. The zero-order chi connectivity index (χ0) is 28.4. The van der Waals surface area contributed by atoms with Crippen LogP contribution in [0.5, 0.6) is 11.5 Å². The average molecular weight is 571 g/mol. The molecule has 11 heteroatoms. The molecule has 0 spiro atoms. The first kappa shape index (κ1) is 29.5. The quantitative estimate of drug-likeness (QED) is 0.182. The molecule has 0 bridgehead atoms. The third-order valence-electron chi connectivity index (χ3n) is 5.41. The number of halogens is 2. The number of benzene rings is 3. The molecule has 0 saturated heterocycles. The summed E-state index contributed by atoms with van der Waals surface area (Å²) in [7, 11) is 1.41. The predicted molar refractivity (Wildman–Crippen MR) is 152 cm³/mol. The van der Waals surface area contributed by atoms with Crippen molar-refractivity contribution in [2.75, 3.05) is 19.0 Å². The Bertz CT molecular complexity index is 1340. The number of carbonyl (C=O) groups is 3. The molecular formula is C28H28Cl2N4O5. The third-order valence-corrected chi connectivity index (χ3v) is 5.95. The fourth-order valence-electron chi connectivity index (χ4n) is 3.32. The second-order valence-electron chi connectivity index (χ2n) is 8.66. The highest BCUT2D eigenvalue weighted by atomic mass is 35.5. The number of anilines is 1. The molecule has 0 aromatic heterocycles. The van der Waals surface area contributed by atoms with Crippen LogP contribution in [0.3, 0.4) is 0 Å². The van der Waals surface area contributed by atoms with Crippen LogP contribution in [-0.4, -0.2) is 37.7 Å². The monoisotopic (exact) mass is 570 g/mol. The first-order chi connectivity index (χ1) is 18.7. The zero-order valence-electron chi connectivity index (χ0n) is 21.6. The summed E-state index contributed by atoms with van der Waals surface area (Å²) in [4.78, 5) is 36.4. The van der Waals surface area contributed by atoms with Crippen molar-refractivity contribution < 1.29 is 23.9 Å². The molecule has 3 rings (SSSR count). The number of nitrogens with zero attached hydrogens (tertiary/aromatic N) is 1. The lowest BCUT2D eigenvalue weighted by molar-refractivity contribution is -0.139. The van der Waals surface area contributed by atoms with E-state index in [1.165, 1.54) is 25.0 Å². The van der Waals surface area contributed by atoms with Crippen molar-refractivity contribution in [3.05, 3.63) is 87.4 Å². The summed E-state index contributed by atoms with van der Waals surface area (Å²) in [5, 5.41) is 9.74. The number of amides is 3. The molecule has 0 atom stereocenters. The highest BCUT2D eigenvalue weighted by molar-refractivity contribution is 6.35. The summed E-state index contributed by atoms with van der Waals surface area (Å²) < 4.78 is 10.9. The summed E-state index contributed by atoms with van der Waals surface area (Å²) in [5.41, 5.74) is 5.25. The van der Waals surface area contributed by atoms with Gasteiger partial charge in [0.25, 0.3) is 5.91 Å². The molecule has 3 amide bonds. The summed E-state index contributed by atoms with van der Waals surface area (Å²) in [6, 6.07) is 17.5. The van der Waals surface area contributed by atoms with Crippen molar-refractivity contribution in [1.82, 2.24) is 10.7 Å². The van der Waals surface area contributed by atoms with Crippen LogP contribution < -0.4 is 25.5 Å². The van der Waals surface area contributed by atoms with E-state index < -0.39 is 17.7 Å². The number of hydrazone groups is 1. The first-order valence-electron chi connectivity index (χ1n) is 11.9. The fourth-order valence-corrected chi connectivity index (χ4v) is 3.72. The molecule has 0 aliphatic rings. The van der Waals surface area contributed by atoms with Gasteiger partial charge in [-0.1, -0.05) is 61.3 Å². The predicted octanol–water partition coefficient (Wildman–Crippen LogP) is 4.91. The van der Waals surface area contributed by atoms with Crippen molar-refractivity contribution >= 4 is 52.8 Å². The summed E-state index contributed by atoms with van der Waals surface area (Å²) in [5.74, 6) is -1.34. The number of rotatable bonds is 10. The van der Waals surface area contributed by atoms with Crippen LogP contribution in [-0.2, 0) is 20.9 Å². The molecule has 0 fully saturated rings. The van der Waals surface area contributed by atoms with Gasteiger partial charge in [0.2, 0.25) is 0 Å². The average Bonchev–Trinajstić information content (AvgIpc) is 2.92. The lowest BCUT2D eigenvalue weighted by Crippen LogP contribution is -2.37. The van der Waals surface area contributed by atoms with Crippen LogP contribution in [0, 0.1) is 0 Å². The summed E-state index contributed by atoms with van der Waals surface area (Å²) in [6.07, 6.45) is 1.29. The van der Waals surface area contributed by atoms with Crippen LogP contribution in [0.25, 0.3) is 0 Å². The largest absolute Gasteiger partial charge is 0.493 e. The van der Waals surface area contributed by atoms with Gasteiger partial charge in [0.05, 0.1) is 18.3 Å². The van der Waals surface area contributed by atoms with Crippen LogP contribution in [0.2, 0.25) is 10.0 Å². The molecule has 0 unspecified atom stereocenters. The molecule has 0 saturated carbocycles. The Morgan fingerprint density at radius 1 is 0.974 bits per heavy atom. The number of carbonyl (C=O) groups excluding carboxylic acids is 3. The Kier molecular flexibility index (Phi) is 10.7. The maximum absolute atomic E-state index is 12.2. The van der Waals surface area contributed by atoms with E-state index in [-0.39, 0.29) is 29.7 Å². The van der Waals surface area contributed by atoms with Crippen molar-refractivity contribution in [1.29, 1.82) is 0 Å². The van der Waals surface area contributed by atoms with Gasteiger partial charge in [0.1, 0.15) is 0 Å². The van der Waals surface area contributed by atoms with E-state index in [1.807, 2.05) is 24.3 Å². The van der Waals surface area contributed by atoms with Crippen molar-refractivity contribution in [3.8, 4) is 11.5 Å². The zero-order valence-corrected chi connectivity index (χ0v) is 23.1. The van der Waals surface area contributed by atoms with Gasteiger partial charge in [-0.3, -0.25) is 14.4 Å². The Morgan fingerprint density at radius 2 is 1.67 bits per heavy atom. The highest BCUT2D eigenvalue weighted by Crippen LogP contribution is 2.36. The first-order valence-corrected chi connectivity index (χ1v) is 12.7. The second-order valence-corrected chi connectivity index (χ2v) is 9.50. The van der Waals surface area contributed by atoms with Gasteiger partial charge in [-0.2, -0.15) is 5.10 Å². The van der Waals surface area contributed by atoms with Crippen LogP contribution in [0.4, 0.5) is 5.69 Å². The van der Waals surface area contributed by atoms with Crippen LogP contribution in [0.15, 0.2) is 65.8 Å². The summed E-state index contributed by atoms with van der Waals surface area (Å²) in [6.45, 7) is 4.08. The SMILES string of the molecule is COc1cc(/C=N\NC(=O)C(=O)NCc2ccc(C(C)C)cc2)cc(Cl)c1OCC(=O)Nc1ccc(Cl)cc1. The molecule has 0 heterocycles. The topological polar surface area (TPSA) is 118 Å².